The zero-order chi connectivity index (χ0) is 20.2. The average molecular weight is 407 g/mol. The second-order valence-electron chi connectivity index (χ2n) is 6.10. The van der Waals surface area contributed by atoms with Gasteiger partial charge in [0.05, 0.1) is 5.56 Å². The van der Waals surface area contributed by atoms with E-state index in [0.717, 1.165) is 28.2 Å². The number of hydrogen-bond acceptors (Lipinski definition) is 6. The third-order valence-electron chi connectivity index (χ3n) is 4.25. The number of benzene rings is 2. The van der Waals surface area contributed by atoms with E-state index in [1.54, 1.807) is 18.3 Å². The van der Waals surface area contributed by atoms with Crippen molar-refractivity contribution in [2.45, 2.75) is 10.5 Å². The van der Waals surface area contributed by atoms with Crippen molar-refractivity contribution in [3.8, 4) is 11.5 Å². The van der Waals surface area contributed by atoms with Crippen molar-refractivity contribution < 1.29 is 14.0 Å². The lowest BCUT2D eigenvalue weighted by Crippen LogP contribution is -2.39. The van der Waals surface area contributed by atoms with Crippen molar-refractivity contribution in [1.82, 2.24) is 25.8 Å². The molecule has 0 aliphatic heterocycles. The second kappa shape index (κ2) is 8.19. The Morgan fingerprint density at radius 3 is 2.62 bits per heavy atom. The molecule has 1 atom stereocenters. The lowest BCUT2D eigenvalue weighted by atomic mass is 10.1. The van der Waals surface area contributed by atoms with Gasteiger partial charge >= 0.3 is 6.03 Å². The molecule has 8 nitrogen and oxygen atoms in total. The molecule has 0 saturated heterocycles. The van der Waals surface area contributed by atoms with Crippen LogP contribution in [0.5, 0.6) is 0 Å². The highest BCUT2D eigenvalue weighted by Gasteiger charge is 2.26. The number of rotatable bonds is 5. The molecule has 0 radical (unpaired) electrons. The van der Waals surface area contributed by atoms with Gasteiger partial charge in [-0.1, -0.05) is 48.5 Å². The summed E-state index contributed by atoms with van der Waals surface area (Å²) in [5, 5.41) is 13.3. The van der Waals surface area contributed by atoms with Gasteiger partial charge in [-0.2, -0.15) is 0 Å². The van der Waals surface area contributed by atoms with Gasteiger partial charge in [0.15, 0.2) is 0 Å². The number of nitrogens with zero attached hydrogens (tertiary/aromatic N) is 2. The molecule has 4 aromatic rings. The van der Waals surface area contributed by atoms with Gasteiger partial charge in [-0.3, -0.25) is 10.1 Å². The maximum absolute atomic E-state index is 12.6. The number of carbonyl (C=O) groups excluding carboxylic acids is 2. The number of hydrogen-bond donors (Lipinski definition) is 3. The Morgan fingerprint density at radius 1 is 1.07 bits per heavy atom. The van der Waals surface area contributed by atoms with Crippen molar-refractivity contribution in [1.29, 1.82) is 0 Å². The highest BCUT2D eigenvalue weighted by atomic mass is 32.2. The van der Waals surface area contributed by atoms with E-state index in [0.29, 0.717) is 11.5 Å². The van der Waals surface area contributed by atoms with E-state index in [1.165, 1.54) is 7.05 Å². The summed E-state index contributed by atoms with van der Waals surface area (Å²) < 4.78 is 5.81. The van der Waals surface area contributed by atoms with Gasteiger partial charge < -0.3 is 14.7 Å². The minimum Gasteiger partial charge on any atom is -0.411 e. The zero-order valence-electron chi connectivity index (χ0n) is 15.4. The van der Waals surface area contributed by atoms with Gasteiger partial charge in [0, 0.05) is 24.1 Å². The maximum Gasteiger partial charge on any atom is 0.321 e. The normalized spacial score (nSPS) is 11.9. The smallest absolute Gasteiger partial charge is 0.321 e. The summed E-state index contributed by atoms with van der Waals surface area (Å²) in [4.78, 5) is 27.4. The fraction of sp³-hybridized carbons (Fsp3) is 0.100. The van der Waals surface area contributed by atoms with Crippen LogP contribution in [-0.2, 0) is 4.79 Å². The van der Waals surface area contributed by atoms with Crippen molar-refractivity contribution >= 4 is 34.6 Å². The maximum atomic E-state index is 12.6. The Hall–Kier alpha value is -3.59. The van der Waals surface area contributed by atoms with Gasteiger partial charge in [-0.15, -0.1) is 10.2 Å². The predicted octanol–water partition coefficient (Wildman–Crippen LogP) is 3.51. The molecular formula is C20H17N5O3S. The van der Waals surface area contributed by atoms with Crippen LogP contribution >= 0.6 is 11.8 Å². The molecule has 0 spiro atoms. The summed E-state index contributed by atoms with van der Waals surface area (Å²) in [7, 11) is 1.44. The number of amides is 3. The quantitative estimate of drug-likeness (QED) is 0.437. The van der Waals surface area contributed by atoms with Gasteiger partial charge in [-0.05, 0) is 23.4 Å². The van der Waals surface area contributed by atoms with Crippen LogP contribution in [0.2, 0.25) is 0 Å². The van der Waals surface area contributed by atoms with Crippen LogP contribution < -0.4 is 10.6 Å². The number of carbonyl (C=O) groups is 2. The SMILES string of the molecule is CNC(=O)NC(=O)[C@H](Sc1nnc(-c2c[nH]c3ccccc23)o1)c1ccccc1. The number of imide groups is 1. The van der Waals surface area contributed by atoms with Crippen LogP contribution in [-0.4, -0.2) is 34.2 Å². The topological polar surface area (TPSA) is 113 Å². The molecule has 29 heavy (non-hydrogen) atoms. The molecule has 146 valence electrons. The Morgan fingerprint density at radius 2 is 1.83 bits per heavy atom. The average Bonchev–Trinajstić information content (AvgIpc) is 3.39. The molecule has 3 amide bonds. The van der Waals surface area contributed by atoms with Gasteiger partial charge in [0.1, 0.15) is 5.25 Å². The minimum atomic E-state index is -0.732. The Balaban J connectivity index is 1.61. The number of nitrogens with one attached hydrogen (secondary N) is 3. The van der Waals surface area contributed by atoms with Crippen LogP contribution in [0.25, 0.3) is 22.4 Å². The Kier molecular flexibility index (Phi) is 5.30. The number of fused-ring (bicyclic) bond motifs is 1. The summed E-state index contributed by atoms with van der Waals surface area (Å²) >= 11 is 1.08. The fourth-order valence-electron chi connectivity index (χ4n) is 2.86. The highest BCUT2D eigenvalue weighted by Crippen LogP contribution is 2.36. The molecule has 9 heteroatoms. The van der Waals surface area contributed by atoms with Crippen molar-refractivity contribution in [2.24, 2.45) is 0 Å². The monoisotopic (exact) mass is 407 g/mol. The van der Waals surface area contributed by atoms with E-state index in [1.807, 2.05) is 42.5 Å². The molecule has 0 bridgehead atoms. The lowest BCUT2D eigenvalue weighted by molar-refractivity contribution is -0.119. The Bertz CT molecular complexity index is 1160. The van der Waals surface area contributed by atoms with Gasteiger partial charge in [0.2, 0.25) is 5.91 Å². The lowest BCUT2D eigenvalue weighted by Gasteiger charge is -2.14. The molecule has 2 heterocycles. The van der Waals surface area contributed by atoms with E-state index in [2.05, 4.69) is 25.8 Å². The highest BCUT2D eigenvalue weighted by molar-refractivity contribution is 8.00. The summed E-state index contributed by atoms with van der Waals surface area (Å²) in [6.45, 7) is 0. The van der Waals surface area contributed by atoms with E-state index in [4.69, 9.17) is 4.42 Å². The number of H-pyrrole nitrogens is 1. The molecule has 4 rings (SSSR count). The van der Waals surface area contributed by atoms with E-state index in [-0.39, 0.29) is 5.22 Å². The number of aromatic amines is 1. The molecule has 0 aliphatic rings. The largest absolute Gasteiger partial charge is 0.411 e. The van der Waals surface area contributed by atoms with E-state index >= 15 is 0 Å². The molecule has 0 fully saturated rings. The molecule has 0 aliphatic carbocycles. The summed E-state index contributed by atoms with van der Waals surface area (Å²) in [6.07, 6.45) is 1.81. The second-order valence-corrected chi connectivity index (χ2v) is 7.15. The molecule has 2 aromatic carbocycles. The van der Waals surface area contributed by atoms with Crippen LogP contribution in [0.15, 0.2) is 70.4 Å². The number of thioether (sulfide) groups is 1. The van der Waals surface area contributed by atoms with E-state index < -0.39 is 17.2 Å². The first-order valence-electron chi connectivity index (χ1n) is 8.80. The number of aromatic nitrogens is 3. The third kappa shape index (κ3) is 3.99. The molecule has 2 aromatic heterocycles. The predicted molar refractivity (Wildman–Crippen MR) is 109 cm³/mol. The molecule has 0 saturated carbocycles. The molecule has 3 N–H and O–H groups in total. The standard InChI is InChI=1S/C20H17N5O3S/c1-21-19(27)23-17(26)16(12-7-3-2-4-8-12)29-20-25-24-18(28-20)14-11-22-15-10-6-5-9-13(14)15/h2-11,16,22H,1H3,(H2,21,23,26,27)/t16-/m1/s1. The first kappa shape index (κ1) is 18.8. The Labute approximate surface area is 170 Å². The fourth-order valence-corrected chi connectivity index (χ4v) is 3.73. The van der Waals surface area contributed by atoms with Crippen LogP contribution in [0.3, 0.4) is 0 Å². The number of para-hydroxylation sites is 1. The first-order valence-corrected chi connectivity index (χ1v) is 9.68. The van der Waals surface area contributed by atoms with Crippen molar-refractivity contribution in [3.05, 3.63) is 66.4 Å². The first-order chi connectivity index (χ1) is 14.2. The van der Waals surface area contributed by atoms with Crippen LogP contribution in [0.4, 0.5) is 4.79 Å². The minimum absolute atomic E-state index is 0.228. The molecular weight excluding hydrogens is 390 g/mol. The van der Waals surface area contributed by atoms with Crippen molar-refractivity contribution in [2.75, 3.05) is 7.05 Å². The third-order valence-corrected chi connectivity index (χ3v) is 5.34. The van der Waals surface area contributed by atoms with E-state index in [9.17, 15) is 9.59 Å². The van der Waals surface area contributed by atoms with Crippen molar-refractivity contribution in [3.63, 3.8) is 0 Å². The van der Waals surface area contributed by atoms with Gasteiger partial charge in [0.25, 0.3) is 11.1 Å². The van der Waals surface area contributed by atoms with Gasteiger partial charge in [-0.25, -0.2) is 4.79 Å². The van der Waals surface area contributed by atoms with Crippen LogP contribution in [0.1, 0.15) is 10.8 Å². The summed E-state index contributed by atoms with van der Waals surface area (Å²) in [6, 6.07) is 16.3. The summed E-state index contributed by atoms with van der Waals surface area (Å²) in [5.74, 6) is -0.129. The number of urea groups is 1. The zero-order valence-corrected chi connectivity index (χ0v) is 16.2. The summed E-state index contributed by atoms with van der Waals surface area (Å²) in [5.41, 5.74) is 2.46. The molecule has 0 unspecified atom stereocenters. The van der Waals surface area contributed by atoms with Crippen LogP contribution in [0, 0.1) is 0 Å².